The van der Waals surface area contributed by atoms with Crippen molar-refractivity contribution in [2.75, 3.05) is 0 Å². The highest BCUT2D eigenvalue weighted by atomic mass is 32.1. The number of aromatic nitrogens is 3. The quantitative estimate of drug-likeness (QED) is 0.587. The van der Waals surface area contributed by atoms with E-state index >= 15 is 0 Å². The maximum absolute atomic E-state index is 5.80. The van der Waals surface area contributed by atoms with Crippen molar-refractivity contribution in [2.45, 2.75) is 6.92 Å². The first-order valence-corrected chi connectivity index (χ1v) is 7.14. The maximum atomic E-state index is 5.80. The molecule has 0 atom stereocenters. The van der Waals surface area contributed by atoms with E-state index < -0.39 is 0 Å². The van der Waals surface area contributed by atoms with E-state index in [1.165, 1.54) is 0 Å². The number of nitrogens with one attached hydrogen (secondary N) is 1. The van der Waals surface area contributed by atoms with Crippen molar-refractivity contribution >= 4 is 18.4 Å². The van der Waals surface area contributed by atoms with Gasteiger partial charge in [-0.15, -0.1) is 0 Å². The van der Waals surface area contributed by atoms with Gasteiger partial charge in [-0.25, -0.2) is 0 Å². The highest BCUT2D eigenvalue weighted by Crippen LogP contribution is 2.21. The molecule has 0 aliphatic rings. The zero-order chi connectivity index (χ0) is 15.4. The summed E-state index contributed by atoms with van der Waals surface area (Å²) in [5.41, 5.74) is 0.913. The largest absolute Gasteiger partial charge is 0.457 e. The van der Waals surface area contributed by atoms with Gasteiger partial charge in [-0.2, -0.15) is 14.9 Å². The summed E-state index contributed by atoms with van der Waals surface area (Å²) in [5, 5.41) is 11.0. The van der Waals surface area contributed by atoms with E-state index in [2.05, 4.69) is 15.3 Å². The zero-order valence-electron chi connectivity index (χ0n) is 11.9. The summed E-state index contributed by atoms with van der Waals surface area (Å²) in [7, 11) is 0. The van der Waals surface area contributed by atoms with E-state index in [1.54, 1.807) is 10.9 Å². The van der Waals surface area contributed by atoms with E-state index in [9.17, 15) is 0 Å². The number of hydrogen-bond acceptors (Lipinski definition) is 4. The second kappa shape index (κ2) is 6.36. The van der Waals surface area contributed by atoms with Crippen molar-refractivity contribution in [1.29, 1.82) is 0 Å². The van der Waals surface area contributed by atoms with E-state index in [1.807, 2.05) is 61.5 Å². The van der Waals surface area contributed by atoms with Crippen molar-refractivity contribution in [1.82, 2.24) is 14.9 Å². The summed E-state index contributed by atoms with van der Waals surface area (Å²) in [6.07, 6.45) is 1.72. The number of nitrogens with zero attached hydrogens (tertiary/aromatic N) is 3. The van der Waals surface area contributed by atoms with Crippen molar-refractivity contribution in [2.24, 2.45) is 5.10 Å². The lowest BCUT2D eigenvalue weighted by Crippen LogP contribution is -1.94. The molecule has 0 spiro atoms. The summed E-state index contributed by atoms with van der Waals surface area (Å²) in [6.45, 7) is 1.83. The third-order valence-corrected chi connectivity index (χ3v) is 3.24. The smallest absolute Gasteiger partial charge is 0.216 e. The van der Waals surface area contributed by atoms with Gasteiger partial charge in [0, 0.05) is 0 Å². The summed E-state index contributed by atoms with van der Waals surface area (Å²) in [5.74, 6) is 2.25. The Balaban J connectivity index is 1.81. The highest BCUT2D eigenvalue weighted by molar-refractivity contribution is 7.71. The molecular weight excluding hydrogens is 296 g/mol. The molecule has 110 valence electrons. The van der Waals surface area contributed by atoms with Crippen molar-refractivity contribution in [3.63, 3.8) is 0 Å². The average Bonchev–Trinajstić information content (AvgIpc) is 2.85. The lowest BCUT2D eigenvalue weighted by molar-refractivity contribution is 0.482. The molecule has 1 N–H and O–H groups in total. The van der Waals surface area contributed by atoms with Crippen LogP contribution in [0.25, 0.3) is 0 Å². The van der Waals surface area contributed by atoms with E-state index in [4.69, 9.17) is 17.0 Å². The van der Waals surface area contributed by atoms with Crippen LogP contribution >= 0.6 is 12.2 Å². The molecule has 0 bridgehead atoms. The van der Waals surface area contributed by atoms with E-state index in [0.717, 1.165) is 17.1 Å². The molecule has 6 heteroatoms. The van der Waals surface area contributed by atoms with Crippen LogP contribution in [0.5, 0.6) is 11.5 Å². The number of ether oxygens (including phenoxy) is 1. The Morgan fingerprint density at radius 3 is 2.64 bits per heavy atom. The Kier molecular flexibility index (Phi) is 4.11. The standard InChI is InChI=1S/C16H14N4OS/c1-12-18-19-16(22)20(12)17-11-13-6-5-9-15(10-13)21-14-7-3-2-4-8-14/h2-11H,1H3,(H,19,22)/b17-11+. The van der Waals surface area contributed by atoms with Gasteiger partial charge in [0.05, 0.1) is 6.21 Å². The Bertz CT molecular complexity index is 852. The Labute approximate surface area is 132 Å². The molecule has 1 heterocycles. The number of hydrogen-bond donors (Lipinski definition) is 1. The van der Waals surface area contributed by atoms with Crippen molar-refractivity contribution in [3.05, 3.63) is 70.8 Å². The van der Waals surface area contributed by atoms with Gasteiger partial charge < -0.3 is 4.74 Å². The molecule has 0 fully saturated rings. The number of aromatic amines is 1. The predicted octanol–water partition coefficient (Wildman–Crippen LogP) is 3.92. The normalized spacial score (nSPS) is 11.0. The van der Waals surface area contributed by atoms with Crippen LogP contribution in [0.4, 0.5) is 0 Å². The monoisotopic (exact) mass is 310 g/mol. The molecule has 0 radical (unpaired) electrons. The molecule has 0 unspecified atom stereocenters. The first-order chi connectivity index (χ1) is 10.7. The first kappa shape index (κ1) is 14.2. The average molecular weight is 310 g/mol. The maximum Gasteiger partial charge on any atom is 0.216 e. The minimum Gasteiger partial charge on any atom is -0.457 e. The summed E-state index contributed by atoms with van der Waals surface area (Å²) in [6, 6.07) is 17.3. The van der Waals surface area contributed by atoms with Crippen LogP contribution < -0.4 is 4.74 Å². The number of benzene rings is 2. The minimum atomic E-state index is 0.463. The SMILES string of the molecule is Cc1n[nH]c(=S)n1/N=C/c1cccc(Oc2ccccc2)c1. The summed E-state index contributed by atoms with van der Waals surface area (Å²) in [4.78, 5) is 0. The molecule has 0 amide bonds. The van der Waals surface area contributed by atoms with Crippen LogP contribution in [-0.2, 0) is 0 Å². The third kappa shape index (κ3) is 3.29. The van der Waals surface area contributed by atoms with Crippen LogP contribution in [0.2, 0.25) is 0 Å². The lowest BCUT2D eigenvalue weighted by Gasteiger charge is -2.05. The fourth-order valence-corrected chi connectivity index (χ4v) is 2.14. The molecule has 22 heavy (non-hydrogen) atoms. The fraction of sp³-hybridized carbons (Fsp3) is 0.0625. The van der Waals surface area contributed by atoms with Gasteiger partial charge in [-0.1, -0.05) is 30.3 Å². The van der Waals surface area contributed by atoms with Gasteiger partial charge in [0.25, 0.3) is 0 Å². The zero-order valence-corrected chi connectivity index (χ0v) is 12.7. The Morgan fingerprint density at radius 2 is 1.91 bits per heavy atom. The fourth-order valence-electron chi connectivity index (χ4n) is 1.91. The predicted molar refractivity (Wildman–Crippen MR) is 88.1 cm³/mol. The number of rotatable bonds is 4. The Hall–Kier alpha value is -2.73. The lowest BCUT2D eigenvalue weighted by atomic mass is 10.2. The van der Waals surface area contributed by atoms with Gasteiger partial charge >= 0.3 is 0 Å². The van der Waals surface area contributed by atoms with Crippen LogP contribution in [0, 0.1) is 11.7 Å². The number of H-pyrrole nitrogens is 1. The van der Waals surface area contributed by atoms with E-state index in [-0.39, 0.29) is 0 Å². The molecule has 0 aliphatic carbocycles. The van der Waals surface area contributed by atoms with E-state index in [0.29, 0.717) is 10.6 Å². The molecular formula is C16H14N4OS. The second-order valence-electron chi connectivity index (χ2n) is 4.62. The molecule has 3 aromatic rings. The molecule has 0 saturated carbocycles. The van der Waals surface area contributed by atoms with Gasteiger partial charge in [-0.3, -0.25) is 5.10 Å². The van der Waals surface area contributed by atoms with Crippen LogP contribution in [0.15, 0.2) is 59.7 Å². The second-order valence-corrected chi connectivity index (χ2v) is 5.01. The summed E-state index contributed by atoms with van der Waals surface area (Å²) >= 11 is 5.11. The van der Waals surface area contributed by atoms with Crippen LogP contribution in [-0.4, -0.2) is 21.1 Å². The molecule has 0 aliphatic heterocycles. The van der Waals surface area contributed by atoms with Gasteiger partial charge in [0.2, 0.25) is 4.77 Å². The van der Waals surface area contributed by atoms with Crippen LogP contribution in [0.3, 0.4) is 0 Å². The third-order valence-electron chi connectivity index (χ3n) is 2.97. The van der Waals surface area contributed by atoms with Crippen molar-refractivity contribution in [3.8, 4) is 11.5 Å². The molecule has 0 saturated heterocycles. The highest BCUT2D eigenvalue weighted by Gasteiger charge is 1.99. The number of para-hydroxylation sites is 1. The van der Waals surface area contributed by atoms with Crippen molar-refractivity contribution < 1.29 is 4.74 Å². The molecule has 5 nitrogen and oxygen atoms in total. The van der Waals surface area contributed by atoms with Crippen LogP contribution in [0.1, 0.15) is 11.4 Å². The molecule has 2 aromatic carbocycles. The first-order valence-electron chi connectivity index (χ1n) is 6.74. The molecule has 1 aromatic heterocycles. The van der Waals surface area contributed by atoms with Gasteiger partial charge in [0.1, 0.15) is 17.3 Å². The Morgan fingerprint density at radius 1 is 1.14 bits per heavy atom. The summed E-state index contributed by atoms with van der Waals surface area (Å²) < 4.78 is 7.83. The topological polar surface area (TPSA) is 55.2 Å². The van der Waals surface area contributed by atoms with Gasteiger partial charge in [-0.05, 0) is 49.0 Å². The number of aryl methyl sites for hydroxylation is 1. The minimum absolute atomic E-state index is 0.463. The van der Waals surface area contributed by atoms with Gasteiger partial charge in [0.15, 0.2) is 0 Å². The molecule has 3 rings (SSSR count).